The first-order valence-electron chi connectivity index (χ1n) is 12.6. The fraction of sp³-hybridized carbons (Fsp3) is 0.235. The second-order valence-corrected chi connectivity index (χ2v) is 13.5. The van der Waals surface area contributed by atoms with E-state index in [0.29, 0.717) is 5.41 Å². The van der Waals surface area contributed by atoms with E-state index >= 15 is 0 Å². The van der Waals surface area contributed by atoms with Crippen LogP contribution in [0.15, 0.2) is 126 Å². The fourth-order valence-corrected chi connectivity index (χ4v) is 7.48. The molecule has 0 saturated heterocycles. The van der Waals surface area contributed by atoms with E-state index < -0.39 is 7.05 Å². The Labute approximate surface area is 240 Å². The minimum atomic E-state index is -2.15. The normalized spacial score (nSPS) is 12.9. The average molecular weight is 542 g/mol. The number of rotatable bonds is 5. The number of allylic oxidation sites excluding steroid dienone is 6. The molecule has 1 aliphatic rings. The van der Waals surface area contributed by atoms with Crippen molar-refractivity contribution in [1.29, 1.82) is 0 Å². The first-order valence-corrected chi connectivity index (χ1v) is 14.4. The Bertz CT molecular complexity index is 1180. The molecule has 37 heavy (non-hydrogen) atoms. The van der Waals surface area contributed by atoms with Crippen LogP contribution in [-0.4, -0.2) is 0 Å². The van der Waals surface area contributed by atoms with Gasteiger partial charge in [-0.3, -0.25) is 4.74 Å². The second-order valence-electron chi connectivity index (χ2n) is 10.5. The van der Waals surface area contributed by atoms with Crippen LogP contribution in [0.1, 0.15) is 43.9 Å². The Morgan fingerprint density at radius 1 is 0.730 bits per heavy atom. The minimum absolute atomic E-state index is 0. The molecule has 0 heterocycles. The zero-order valence-electron chi connectivity index (χ0n) is 23.2. The van der Waals surface area contributed by atoms with Gasteiger partial charge < -0.3 is 0 Å². The molecule has 0 amide bonds. The van der Waals surface area contributed by atoms with Gasteiger partial charge in [0.05, 0.1) is 7.05 Å². The standard InChI is InChI=1S/C26H26NP.C8H14.Ti/c1-20-8-14-24(15-9-20)28(27-23-6-4-5-7-23,25-16-10-21(2)11-17-25)26-18-12-22(3)13-19-26;1-5-6-7-8(2,3)4;/h4-6,8-19H,7H2,1-3H3;5-7H,1H2,2-4H3;. The molecule has 4 rings (SSSR count). The quantitative estimate of drug-likeness (QED) is 0.174. The summed E-state index contributed by atoms with van der Waals surface area (Å²) in [6, 6.07) is 26.9. The third-order valence-corrected chi connectivity index (χ3v) is 9.68. The largest absolute Gasteiger partial charge is 0.258 e. The summed E-state index contributed by atoms with van der Waals surface area (Å²) in [7, 11) is -2.15. The Morgan fingerprint density at radius 3 is 1.41 bits per heavy atom. The molecule has 0 aliphatic heterocycles. The Morgan fingerprint density at radius 2 is 1.14 bits per heavy atom. The van der Waals surface area contributed by atoms with Gasteiger partial charge in [-0.2, -0.15) is 0 Å². The Kier molecular flexibility index (Phi) is 11.6. The van der Waals surface area contributed by atoms with Gasteiger partial charge in [-0.1, -0.05) is 147 Å². The fourth-order valence-electron chi connectivity index (χ4n) is 3.96. The summed E-state index contributed by atoms with van der Waals surface area (Å²) >= 11 is 0. The molecule has 0 fully saturated rings. The van der Waals surface area contributed by atoms with Gasteiger partial charge in [-0.15, -0.1) is 0 Å². The van der Waals surface area contributed by atoms with E-state index in [1.54, 1.807) is 6.08 Å². The van der Waals surface area contributed by atoms with Gasteiger partial charge in [0, 0.05) is 49.7 Å². The number of hydrogen-bond donors (Lipinski definition) is 0. The van der Waals surface area contributed by atoms with Crippen molar-refractivity contribution in [1.82, 2.24) is 0 Å². The minimum Gasteiger partial charge on any atom is -0.258 e. The smallest absolute Gasteiger partial charge is 0.0608 e. The van der Waals surface area contributed by atoms with Crippen LogP contribution in [0.25, 0.3) is 0 Å². The maximum Gasteiger partial charge on any atom is 0.0608 e. The zero-order valence-corrected chi connectivity index (χ0v) is 25.7. The van der Waals surface area contributed by atoms with Crippen LogP contribution >= 0.6 is 7.05 Å². The van der Waals surface area contributed by atoms with Gasteiger partial charge in [0.1, 0.15) is 0 Å². The predicted molar refractivity (Wildman–Crippen MR) is 162 cm³/mol. The number of benzene rings is 3. The molecule has 0 radical (unpaired) electrons. The third kappa shape index (κ3) is 8.54. The molecule has 1 nitrogen and oxygen atoms in total. The van der Waals surface area contributed by atoms with E-state index in [1.807, 2.05) is 6.08 Å². The molecule has 0 saturated carbocycles. The van der Waals surface area contributed by atoms with Crippen LogP contribution in [0.4, 0.5) is 0 Å². The van der Waals surface area contributed by atoms with Gasteiger partial charge in [0.15, 0.2) is 0 Å². The summed E-state index contributed by atoms with van der Waals surface area (Å²) in [5, 5.41) is 3.91. The van der Waals surface area contributed by atoms with Crippen molar-refractivity contribution in [3.8, 4) is 0 Å². The number of hydrogen-bond acceptors (Lipinski definition) is 1. The molecule has 0 bridgehead atoms. The second kappa shape index (κ2) is 13.9. The van der Waals surface area contributed by atoms with Gasteiger partial charge in [0.25, 0.3) is 0 Å². The summed E-state index contributed by atoms with van der Waals surface area (Å²) in [5.41, 5.74) is 5.29. The van der Waals surface area contributed by atoms with Crippen LogP contribution < -0.4 is 15.9 Å². The van der Waals surface area contributed by atoms with Crippen molar-refractivity contribution in [2.45, 2.75) is 48.0 Å². The van der Waals surface area contributed by atoms with Crippen molar-refractivity contribution < 1.29 is 21.7 Å². The SMILES string of the molecule is C=CC=CC(C)(C)C.Cc1ccc(P(=NC2=CC=CC2)(c2ccc(C)cc2)c2ccc(C)cc2)cc1.[Ti]. The van der Waals surface area contributed by atoms with Gasteiger partial charge >= 0.3 is 0 Å². The summed E-state index contributed by atoms with van der Waals surface area (Å²) in [6.07, 6.45) is 13.3. The van der Waals surface area contributed by atoms with Gasteiger partial charge in [0.2, 0.25) is 0 Å². The van der Waals surface area contributed by atoms with Gasteiger partial charge in [-0.25, -0.2) is 0 Å². The first-order chi connectivity index (χ1) is 17.1. The summed E-state index contributed by atoms with van der Waals surface area (Å²) in [6.45, 7) is 16.5. The Hall–Kier alpha value is -2.44. The Balaban J connectivity index is 0.000000467. The maximum atomic E-state index is 5.52. The molecule has 0 unspecified atom stereocenters. The van der Waals surface area contributed by atoms with Crippen molar-refractivity contribution in [2.75, 3.05) is 0 Å². The van der Waals surface area contributed by atoms with E-state index in [0.717, 1.165) is 12.1 Å². The summed E-state index contributed by atoms with van der Waals surface area (Å²) in [4.78, 5) is 0. The topological polar surface area (TPSA) is 12.4 Å². The predicted octanol–water partition coefficient (Wildman–Crippen LogP) is 8.71. The molecular formula is C34H40NPTi. The molecule has 0 aromatic heterocycles. The molecule has 0 spiro atoms. The number of nitrogens with zero attached hydrogens (tertiary/aromatic N) is 1. The van der Waals surface area contributed by atoms with E-state index in [9.17, 15) is 0 Å². The molecule has 0 N–H and O–H groups in total. The first kappa shape index (κ1) is 30.8. The molecule has 190 valence electrons. The summed E-state index contributed by atoms with van der Waals surface area (Å²) < 4.78 is 5.52. The molecule has 3 heteroatoms. The molecule has 1 aliphatic carbocycles. The van der Waals surface area contributed by atoms with Crippen LogP contribution in [0.5, 0.6) is 0 Å². The van der Waals surface area contributed by atoms with Crippen molar-refractivity contribution in [3.05, 3.63) is 138 Å². The third-order valence-electron chi connectivity index (χ3n) is 5.99. The average Bonchev–Trinajstić information content (AvgIpc) is 3.36. The summed E-state index contributed by atoms with van der Waals surface area (Å²) in [5.74, 6) is 0. The maximum absolute atomic E-state index is 5.52. The number of aryl methyl sites for hydroxylation is 3. The van der Waals surface area contributed by atoms with E-state index in [-0.39, 0.29) is 21.7 Å². The van der Waals surface area contributed by atoms with E-state index in [4.69, 9.17) is 4.74 Å². The van der Waals surface area contributed by atoms with Crippen molar-refractivity contribution >= 4 is 23.0 Å². The van der Waals surface area contributed by atoms with Gasteiger partial charge in [-0.05, 0) is 32.3 Å². The molecule has 3 aromatic carbocycles. The molecular weight excluding hydrogens is 501 g/mol. The van der Waals surface area contributed by atoms with Crippen molar-refractivity contribution in [3.63, 3.8) is 0 Å². The van der Waals surface area contributed by atoms with E-state index in [2.05, 4.69) is 145 Å². The van der Waals surface area contributed by atoms with Crippen LogP contribution in [-0.2, 0) is 21.7 Å². The van der Waals surface area contributed by atoms with E-state index in [1.165, 1.54) is 32.6 Å². The van der Waals surface area contributed by atoms with Crippen LogP contribution in [0.2, 0.25) is 0 Å². The van der Waals surface area contributed by atoms with Crippen LogP contribution in [0.3, 0.4) is 0 Å². The van der Waals surface area contributed by atoms with Crippen molar-refractivity contribution in [2.24, 2.45) is 10.2 Å². The molecule has 0 atom stereocenters. The monoisotopic (exact) mass is 541 g/mol. The molecule has 3 aromatic rings. The zero-order chi connectivity index (χ0) is 26.2. The van der Waals surface area contributed by atoms with Crippen LogP contribution in [0, 0.1) is 26.2 Å².